The van der Waals surface area contributed by atoms with Crippen molar-refractivity contribution in [1.29, 1.82) is 0 Å². The van der Waals surface area contributed by atoms with Gasteiger partial charge in [-0.15, -0.1) is 0 Å². The Hall–Kier alpha value is -2.43. The van der Waals surface area contributed by atoms with Crippen molar-refractivity contribution in [3.63, 3.8) is 0 Å². The second kappa shape index (κ2) is 9.90. The third-order valence-electron chi connectivity index (χ3n) is 4.35. The first-order chi connectivity index (χ1) is 12.5. The minimum Gasteiger partial charge on any atom is -0.395 e. The van der Waals surface area contributed by atoms with E-state index >= 15 is 0 Å². The lowest BCUT2D eigenvalue weighted by molar-refractivity contribution is -0.136. The number of hydrogen-bond donors (Lipinski definition) is 1. The molecule has 1 atom stereocenters. The van der Waals surface area contributed by atoms with Crippen LogP contribution in [0.1, 0.15) is 22.7 Å². The smallest absolute Gasteiger partial charge is 0.244 e. The van der Waals surface area contributed by atoms with E-state index in [1.165, 1.54) is 0 Å². The molecule has 138 valence electrons. The molecule has 0 unspecified atom stereocenters. The minimum atomic E-state index is -0.368. The number of benzene rings is 2. The van der Waals surface area contributed by atoms with Gasteiger partial charge in [0.15, 0.2) is 0 Å². The molecule has 1 N–H and O–H groups in total. The van der Waals surface area contributed by atoms with Gasteiger partial charge in [0.05, 0.1) is 6.61 Å². The lowest BCUT2D eigenvalue weighted by Crippen LogP contribution is -2.42. The quantitative estimate of drug-likeness (QED) is 0.794. The van der Waals surface area contributed by atoms with Crippen molar-refractivity contribution in [3.8, 4) is 0 Å². The summed E-state index contributed by atoms with van der Waals surface area (Å²) in [5, 5.41) is 9.42. The molecule has 0 fully saturated rings. The molecule has 0 aliphatic heterocycles. The molecule has 0 aliphatic rings. The number of carbonyl (C=O) groups is 1. The molecule has 0 saturated carbocycles. The van der Waals surface area contributed by atoms with Crippen molar-refractivity contribution in [2.45, 2.75) is 13.0 Å². The molecule has 4 nitrogen and oxygen atoms in total. The van der Waals surface area contributed by atoms with E-state index < -0.39 is 0 Å². The van der Waals surface area contributed by atoms with E-state index in [0.717, 1.165) is 16.7 Å². The maximum Gasteiger partial charge on any atom is 0.244 e. The van der Waals surface area contributed by atoms with Crippen LogP contribution in [-0.4, -0.2) is 54.6 Å². The first kappa shape index (κ1) is 19.9. The predicted molar refractivity (Wildman–Crippen MR) is 107 cm³/mol. The SMILES string of the molecule is Cc1ccccc1[C@@H](C(=O)N(C/C=C/c1ccccc1)CCO)N(C)C. The van der Waals surface area contributed by atoms with Gasteiger partial charge in [0.1, 0.15) is 6.04 Å². The predicted octanol–water partition coefficient (Wildman–Crippen LogP) is 3.13. The van der Waals surface area contributed by atoms with E-state index in [-0.39, 0.29) is 18.6 Å². The average molecular weight is 352 g/mol. The number of aryl methyl sites for hydroxylation is 1. The lowest BCUT2D eigenvalue weighted by Gasteiger charge is -2.31. The number of amides is 1. The molecule has 0 heterocycles. The van der Waals surface area contributed by atoms with E-state index in [1.54, 1.807) is 4.90 Å². The summed E-state index contributed by atoms with van der Waals surface area (Å²) in [5.74, 6) is -0.00365. The number of aliphatic hydroxyl groups is 1. The van der Waals surface area contributed by atoms with Gasteiger partial charge in [-0.25, -0.2) is 0 Å². The maximum atomic E-state index is 13.2. The summed E-state index contributed by atoms with van der Waals surface area (Å²) in [7, 11) is 3.82. The zero-order valence-electron chi connectivity index (χ0n) is 15.8. The average Bonchev–Trinajstić information content (AvgIpc) is 2.63. The topological polar surface area (TPSA) is 43.8 Å². The van der Waals surface area contributed by atoms with Gasteiger partial charge in [-0.2, -0.15) is 0 Å². The first-order valence-electron chi connectivity index (χ1n) is 8.87. The van der Waals surface area contributed by atoms with Crippen LogP contribution in [-0.2, 0) is 4.79 Å². The van der Waals surface area contributed by atoms with Gasteiger partial charge in [-0.1, -0.05) is 66.7 Å². The van der Waals surface area contributed by atoms with Crippen LogP contribution in [0.15, 0.2) is 60.7 Å². The van der Waals surface area contributed by atoms with Crippen LogP contribution in [0.5, 0.6) is 0 Å². The molecule has 0 saturated heterocycles. The summed E-state index contributed by atoms with van der Waals surface area (Å²) in [5.41, 5.74) is 3.17. The second-order valence-electron chi connectivity index (χ2n) is 6.54. The summed E-state index contributed by atoms with van der Waals surface area (Å²) >= 11 is 0. The Bertz CT molecular complexity index is 726. The Morgan fingerprint density at radius 1 is 1.08 bits per heavy atom. The largest absolute Gasteiger partial charge is 0.395 e. The molecule has 1 amide bonds. The van der Waals surface area contributed by atoms with Crippen LogP contribution in [0.3, 0.4) is 0 Å². The zero-order chi connectivity index (χ0) is 18.9. The molecule has 0 aromatic heterocycles. The maximum absolute atomic E-state index is 13.2. The van der Waals surface area contributed by atoms with Gasteiger partial charge in [-0.3, -0.25) is 9.69 Å². The van der Waals surface area contributed by atoms with Gasteiger partial charge in [0.25, 0.3) is 0 Å². The third kappa shape index (κ3) is 5.28. The summed E-state index contributed by atoms with van der Waals surface area (Å²) in [6, 6.07) is 17.6. The van der Waals surface area contributed by atoms with Crippen molar-refractivity contribution in [2.24, 2.45) is 0 Å². The van der Waals surface area contributed by atoms with Gasteiger partial charge >= 0.3 is 0 Å². The first-order valence-corrected chi connectivity index (χ1v) is 8.87. The Balaban J connectivity index is 2.19. The van der Waals surface area contributed by atoms with Crippen LogP contribution in [0.25, 0.3) is 6.08 Å². The fourth-order valence-corrected chi connectivity index (χ4v) is 2.99. The Morgan fingerprint density at radius 2 is 1.73 bits per heavy atom. The van der Waals surface area contributed by atoms with Crippen molar-refractivity contribution in [3.05, 3.63) is 77.4 Å². The van der Waals surface area contributed by atoms with E-state index in [2.05, 4.69) is 0 Å². The molecule has 0 bridgehead atoms. The van der Waals surface area contributed by atoms with Crippen LogP contribution in [0, 0.1) is 6.92 Å². The Labute approximate surface area is 156 Å². The van der Waals surface area contributed by atoms with Gasteiger partial charge in [0, 0.05) is 13.1 Å². The van der Waals surface area contributed by atoms with Crippen LogP contribution in [0.2, 0.25) is 0 Å². The van der Waals surface area contributed by atoms with E-state index in [4.69, 9.17) is 0 Å². The minimum absolute atomic E-state index is 0.00365. The summed E-state index contributed by atoms with van der Waals surface area (Å²) < 4.78 is 0. The standard InChI is InChI=1S/C22H28N2O2/c1-18-10-7-8-14-20(18)21(23(2)3)22(26)24(16-17-25)15-9-13-19-11-5-4-6-12-19/h4-14,21,25H,15-17H2,1-3H3/b13-9+/t21-/m0/s1. The molecule has 2 aromatic rings. The van der Waals surface area contributed by atoms with E-state index in [0.29, 0.717) is 13.1 Å². The highest BCUT2D eigenvalue weighted by Gasteiger charge is 2.28. The van der Waals surface area contributed by atoms with E-state index in [9.17, 15) is 9.90 Å². The molecule has 26 heavy (non-hydrogen) atoms. The van der Waals surface area contributed by atoms with Crippen molar-refractivity contribution >= 4 is 12.0 Å². The normalized spacial score (nSPS) is 12.5. The molecule has 0 spiro atoms. The summed E-state index contributed by atoms with van der Waals surface area (Å²) in [4.78, 5) is 16.8. The molecule has 0 aliphatic carbocycles. The molecular weight excluding hydrogens is 324 g/mol. The van der Waals surface area contributed by atoms with Gasteiger partial charge in [0.2, 0.25) is 5.91 Å². The van der Waals surface area contributed by atoms with Crippen molar-refractivity contribution in [1.82, 2.24) is 9.80 Å². The fraction of sp³-hybridized carbons (Fsp3) is 0.318. The zero-order valence-corrected chi connectivity index (χ0v) is 15.8. The second-order valence-corrected chi connectivity index (χ2v) is 6.54. The monoisotopic (exact) mass is 352 g/mol. The van der Waals surface area contributed by atoms with Crippen molar-refractivity contribution in [2.75, 3.05) is 33.8 Å². The summed E-state index contributed by atoms with van der Waals surface area (Å²) in [6.07, 6.45) is 3.96. The van der Waals surface area contributed by atoms with Crippen molar-refractivity contribution < 1.29 is 9.90 Å². The number of likely N-dealkylation sites (N-methyl/N-ethyl adjacent to an activating group) is 1. The third-order valence-corrected chi connectivity index (χ3v) is 4.35. The van der Waals surface area contributed by atoms with Gasteiger partial charge in [-0.05, 0) is 37.7 Å². The molecule has 0 radical (unpaired) electrons. The number of rotatable bonds is 8. The number of nitrogens with zero attached hydrogens (tertiary/aromatic N) is 2. The van der Waals surface area contributed by atoms with E-state index in [1.807, 2.05) is 92.7 Å². The van der Waals surface area contributed by atoms with Gasteiger partial charge < -0.3 is 10.0 Å². The number of aliphatic hydroxyl groups excluding tert-OH is 1. The van der Waals surface area contributed by atoms with Crippen LogP contribution < -0.4 is 0 Å². The highest BCUT2D eigenvalue weighted by Crippen LogP contribution is 2.24. The summed E-state index contributed by atoms with van der Waals surface area (Å²) in [6.45, 7) is 2.74. The highest BCUT2D eigenvalue weighted by molar-refractivity contribution is 5.84. The van der Waals surface area contributed by atoms with Crippen LogP contribution in [0.4, 0.5) is 0 Å². The molecule has 4 heteroatoms. The molecule has 2 rings (SSSR count). The Kier molecular flexibility index (Phi) is 7.57. The molecule has 2 aromatic carbocycles. The highest BCUT2D eigenvalue weighted by atomic mass is 16.3. The molecular formula is C22H28N2O2. The number of carbonyl (C=O) groups excluding carboxylic acids is 1. The Morgan fingerprint density at radius 3 is 2.35 bits per heavy atom. The lowest BCUT2D eigenvalue weighted by atomic mass is 9.99. The number of hydrogen-bond acceptors (Lipinski definition) is 3. The fourth-order valence-electron chi connectivity index (χ4n) is 2.99. The van der Waals surface area contributed by atoms with Crippen LogP contribution >= 0.6 is 0 Å².